The van der Waals surface area contributed by atoms with E-state index >= 15 is 0 Å². The van der Waals surface area contributed by atoms with Crippen LogP contribution in [0.1, 0.15) is 10.4 Å². The molecule has 0 N–H and O–H groups in total. The number of rotatable bonds is 0. The SMILES string of the molecule is CN1c2ccc(Br)cc2C(=O)C(Br)(Br)S1(=O)=O. The largest absolute Gasteiger partial charge is 0.290 e. The summed E-state index contributed by atoms with van der Waals surface area (Å²) in [5.74, 6) is -0.535. The number of Topliss-reactive ketones (excluding diaryl/α,β-unsaturated/α-hetero) is 1. The number of benzene rings is 1. The van der Waals surface area contributed by atoms with E-state index in [1.165, 1.54) is 7.05 Å². The first-order valence-electron chi connectivity index (χ1n) is 4.40. The molecule has 0 radical (unpaired) electrons. The lowest BCUT2D eigenvalue weighted by atomic mass is 10.1. The summed E-state index contributed by atoms with van der Waals surface area (Å²) in [6.45, 7) is 0. The number of fused-ring (bicyclic) bond motifs is 1. The number of hydrogen-bond donors (Lipinski definition) is 0. The van der Waals surface area contributed by atoms with Gasteiger partial charge in [0.05, 0.1) is 5.69 Å². The van der Waals surface area contributed by atoms with Crippen LogP contribution < -0.4 is 4.31 Å². The Morgan fingerprint density at radius 2 is 1.88 bits per heavy atom. The molecule has 0 unspecified atom stereocenters. The van der Waals surface area contributed by atoms with Crippen LogP contribution in [0.3, 0.4) is 0 Å². The predicted octanol–water partition coefficient (Wildman–Crippen LogP) is 2.86. The van der Waals surface area contributed by atoms with Crippen LogP contribution in [0, 0.1) is 0 Å². The molecule has 0 fully saturated rings. The molecule has 0 amide bonds. The number of hydrogen-bond acceptors (Lipinski definition) is 3. The summed E-state index contributed by atoms with van der Waals surface area (Å²) in [5, 5.41) is 0. The molecule has 0 bridgehead atoms. The molecule has 0 aromatic heterocycles. The molecule has 0 saturated heterocycles. The van der Waals surface area contributed by atoms with Crippen LogP contribution in [0.25, 0.3) is 0 Å². The average Bonchev–Trinajstić information content (AvgIpc) is 2.25. The summed E-state index contributed by atoms with van der Waals surface area (Å²) >= 11 is 9.13. The average molecular weight is 448 g/mol. The van der Waals surface area contributed by atoms with Gasteiger partial charge < -0.3 is 0 Å². The van der Waals surface area contributed by atoms with Crippen LogP contribution in [-0.2, 0) is 10.0 Å². The lowest BCUT2D eigenvalue weighted by Gasteiger charge is -2.34. The zero-order valence-electron chi connectivity index (χ0n) is 8.45. The zero-order valence-corrected chi connectivity index (χ0v) is 14.0. The second-order valence-electron chi connectivity index (χ2n) is 3.48. The number of alkyl halides is 2. The Balaban J connectivity index is 2.81. The molecule has 1 aromatic carbocycles. The van der Waals surface area contributed by atoms with E-state index in [9.17, 15) is 13.2 Å². The fraction of sp³-hybridized carbons (Fsp3) is 0.222. The lowest BCUT2D eigenvalue weighted by Crippen LogP contribution is -2.48. The predicted molar refractivity (Wildman–Crippen MR) is 76.4 cm³/mol. The topological polar surface area (TPSA) is 54.5 Å². The van der Waals surface area contributed by atoms with E-state index in [-0.39, 0.29) is 0 Å². The summed E-state index contributed by atoms with van der Waals surface area (Å²) in [5.41, 5.74) is 0.707. The Morgan fingerprint density at radius 3 is 2.47 bits per heavy atom. The molecule has 2 rings (SSSR count). The zero-order chi connectivity index (χ0) is 13.0. The summed E-state index contributed by atoms with van der Waals surface area (Å²) in [6.07, 6.45) is 0. The minimum atomic E-state index is -3.81. The number of sulfonamides is 1. The monoisotopic (exact) mass is 445 g/mol. The maximum Gasteiger partial charge on any atom is 0.268 e. The number of carbonyl (C=O) groups is 1. The van der Waals surface area contributed by atoms with Gasteiger partial charge in [0.25, 0.3) is 12.6 Å². The van der Waals surface area contributed by atoms with Crippen molar-refractivity contribution in [3.63, 3.8) is 0 Å². The second-order valence-corrected chi connectivity index (χ2v) is 11.0. The van der Waals surface area contributed by atoms with Crippen molar-refractivity contribution in [3.05, 3.63) is 28.2 Å². The summed E-state index contributed by atoms with van der Waals surface area (Å²) in [4.78, 5) is 12.1. The van der Waals surface area contributed by atoms with Crippen molar-refractivity contribution in [3.8, 4) is 0 Å². The van der Waals surface area contributed by atoms with Gasteiger partial charge >= 0.3 is 0 Å². The first kappa shape index (κ1) is 13.5. The molecular weight excluding hydrogens is 442 g/mol. The fourth-order valence-electron chi connectivity index (χ4n) is 1.54. The van der Waals surface area contributed by atoms with Crippen molar-refractivity contribution < 1.29 is 13.2 Å². The van der Waals surface area contributed by atoms with Crippen LogP contribution in [0.4, 0.5) is 5.69 Å². The van der Waals surface area contributed by atoms with Gasteiger partial charge in [-0.25, -0.2) is 8.42 Å². The van der Waals surface area contributed by atoms with Crippen molar-refractivity contribution in [2.45, 2.75) is 2.57 Å². The number of carbonyl (C=O) groups excluding carboxylic acids is 1. The van der Waals surface area contributed by atoms with Crippen molar-refractivity contribution >= 4 is 69.3 Å². The van der Waals surface area contributed by atoms with Crippen LogP contribution in [0.15, 0.2) is 22.7 Å². The first-order chi connectivity index (χ1) is 7.69. The van der Waals surface area contributed by atoms with Gasteiger partial charge in [-0.05, 0) is 50.1 Å². The molecule has 1 aliphatic rings. The van der Waals surface area contributed by atoms with Gasteiger partial charge in [0, 0.05) is 17.1 Å². The molecule has 1 heterocycles. The summed E-state index contributed by atoms with van der Waals surface area (Å²) < 4.78 is 24.2. The lowest BCUT2D eigenvalue weighted by molar-refractivity contribution is 0.100. The molecule has 0 spiro atoms. The second kappa shape index (κ2) is 4.04. The Kier molecular flexibility index (Phi) is 3.21. The van der Waals surface area contributed by atoms with Gasteiger partial charge in [0.1, 0.15) is 0 Å². The third-order valence-electron chi connectivity index (χ3n) is 2.49. The van der Waals surface area contributed by atoms with Crippen molar-refractivity contribution in [2.24, 2.45) is 0 Å². The highest BCUT2D eigenvalue weighted by atomic mass is 79.9. The van der Waals surface area contributed by atoms with Gasteiger partial charge in [0.15, 0.2) is 0 Å². The Bertz CT molecular complexity index is 612. The van der Waals surface area contributed by atoms with E-state index in [1.807, 2.05) is 0 Å². The Labute approximate surface area is 124 Å². The Morgan fingerprint density at radius 1 is 1.29 bits per heavy atom. The normalized spacial score (nSPS) is 21.2. The van der Waals surface area contributed by atoms with E-state index in [4.69, 9.17) is 0 Å². The van der Waals surface area contributed by atoms with Crippen molar-refractivity contribution in [2.75, 3.05) is 11.4 Å². The van der Waals surface area contributed by atoms with Gasteiger partial charge in [-0.15, -0.1) is 0 Å². The molecule has 8 heteroatoms. The number of anilines is 1. The molecule has 1 aliphatic heterocycles. The highest BCUT2D eigenvalue weighted by molar-refractivity contribution is 9.28. The standard InChI is InChI=1S/C9H6Br3NO3S/c1-13-7-3-2-5(10)4-6(7)8(14)9(11,12)17(13,15)16/h2-4H,1H3. The summed E-state index contributed by atoms with van der Waals surface area (Å²) in [6, 6.07) is 4.87. The third kappa shape index (κ3) is 1.80. The fourth-order valence-corrected chi connectivity index (χ4v) is 4.74. The maximum atomic E-state index is 12.1. The van der Waals surface area contributed by atoms with Crippen LogP contribution in [0.2, 0.25) is 0 Å². The maximum absolute atomic E-state index is 12.1. The quantitative estimate of drug-likeness (QED) is 0.575. The van der Waals surface area contributed by atoms with Crippen LogP contribution >= 0.6 is 47.8 Å². The van der Waals surface area contributed by atoms with Gasteiger partial charge in [-0.2, -0.15) is 0 Å². The van der Waals surface area contributed by atoms with Gasteiger partial charge in [0.2, 0.25) is 5.78 Å². The molecule has 0 saturated carbocycles. The molecule has 4 nitrogen and oxygen atoms in total. The van der Waals surface area contributed by atoms with E-state index < -0.39 is 18.4 Å². The summed E-state index contributed by atoms with van der Waals surface area (Å²) in [7, 11) is -2.40. The molecule has 0 atom stereocenters. The van der Waals surface area contributed by atoms with E-state index in [0.717, 1.165) is 4.31 Å². The number of halogens is 3. The van der Waals surface area contributed by atoms with Crippen LogP contribution in [-0.4, -0.2) is 23.8 Å². The number of ketones is 1. The molecular formula is C9H6Br3NO3S. The van der Waals surface area contributed by atoms with Gasteiger partial charge in [-0.3, -0.25) is 9.10 Å². The highest BCUT2D eigenvalue weighted by Gasteiger charge is 2.53. The minimum Gasteiger partial charge on any atom is -0.290 e. The third-order valence-corrected chi connectivity index (χ3v) is 7.91. The van der Waals surface area contributed by atoms with Crippen molar-refractivity contribution in [1.29, 1.82) is 0 Å². The first-order valence-corrected chi connectivity index (χ1v) is 8.22. The van der Waals surface area contributed by atoms with E-state index in [2.05, 4.69) is 47.8 Å². The Hall–Kier alpha value is 0.0800. The van der Waals surface area contributed by atoms with Crippen molar-refractivity contribution in [1.82, 2.24) is 0 Å². The highest BCUT2D eigenvalue weighted by Crippen LogP contribution is 2.46. The molecule has 92 valence electrons. The minimum absolute atomic E-state index is 0.338. The van der Waals surface area contributed by atoms with E-state index in [1.54, 1.807) is 18.2 Å². The van der Waals surface area contributed by atoms with Crippen LogP contribution in [0.5, 0.6) is 0 Å². The number of nitrogens with zero attached hydrogens (tertiary/aromatic N) is 1. The molecule has 1 aromatic rings. The molecule has 0 aliphatic carbocycles. The van der Waals surface area contributed by atoms with Gasteiger partial charge in [-0.1, -0.05) is 15.9 Å². The molecule has 17 heavy (non-hydrogen) atoms. The van der Waals surface area contributed by atoms with E-state index in [0.29, 0.717) is 15.7 Å². The smallest absolute Gasteiger partial charge is 0.268 e.